The average Bonchev–Trinajstić information content (AvgIpc) is 3.18. The van der Waals surface area contributed by atoms with Crippen LogP contribution in [-0.4, -0.2) is 45.2 Å². The van der Waals surface area contributed by atoms with Gasteiger partial charge in [-0.2, -0.15) is 0 Å². The van der Waals surface area contributed by atoms with Gasteiger partial charge in [-0.3, -0.25) is 9.59 Å². The molecule has 0 saturated heterocycles. The van der Waals surface area contributed by atoms with Gasteiger partial charge in [0.15, 0.2) is 6.04 Å². The SMILES string of the molecule is CC(C)(C)OC(=O)N[C@H](C(=O)NCCC(=O)O)c1cnc(Cc2ccc3ccccc3c2)[nH]1. The lowest BCUT2D eigenvalue weighted by Crippen LogP contribution is -2.43. The van der Waals surface area contributed by atoms with Crippen LogP contribution in [0.5, 0.6) is 0 Å². The highest BCUT2D eigenvalue weighted by molar-refractivity contribution is 5.87. The molecular weight excluding hydrogens is 424 g/mol. The molecule has 2 aromatic carbocycles. The molecular formula is C24H28N4O5. The largest absolute Gasteiger partial charge is 0.481 e. The second-order valence-corrected chi connectivity index (χ2v) is 8.66. The number of nitrogens with one attached hydrogen (secondary N) is 3. The number of aliphatic carboxylic acids is 1. The molecule has 0 saturated carbocycles. The van der Waals surface area contributed by atoms with Crippen molar-refractivity contribution in [2.75, 3.05) is 6.54 Å². The number of hydrogen-bond acceptors (Lipinski definition) is 5. The maximum absolute atomic E-state index is 12.7. The maximum Gasteiger partial charge on any atom is 0.408 e. The Bertz CT molecular complexity index is 1150. The zero-order chi connectivity index (χ0) is 24.0. The Morgan fingerprint density at radius 2 is 1.85 bits per heavy atom. The van der Waals surface area contributed by atoms with Gasteiger partial charge < -0.3 is 25.5 Å². The predicted molar refractivity (Wildman–Crippen MR) is 123 cm³/mol. The van der Waals surface area contributed by atoms with Crippen LogP contribution in [-0.2, 0) is 20.7 Å². The van der Waals surface area contributed by atoms with Crippen LogP contribution in [0.3, 0.4) is 0 Å². The van der Waals surface area contributed by atoms with Gasteiger partial charge in [-0.15, -0.1) is 0 Å². The van der Waals surface area contributed by atoms with Crippen molar-refractivity contribution in [3.05, 3.63) is 65.7 Å². The lowest BCUT2D eigenvalue weighted by Gasteiger charge is -2.22. The molecule has 1 heterocycles. The lowest BCUT2D eigenvalue weighted by atomic mass is 10.1. The number of alkyl carbamates (subject to hydrolysis) is 1. The Morgan fingerprint density at radius 3 is 2.55 bits per heavy atom. The zero-order valence-corrected chi connectivity index (χ0v) is 18.8. The number of carbonyl (C=O) groups excluding carboxylic acids is 2. The highest BCUT2D eigenvalue weighted by atomic mass is 16.6. The molecule has 0 spiro atoms. The number of hydrogen-bond donors (Lipinski definition) is 4. The molecule has 4 N–H and O–H groups in total. The first kappa shape index (κ1) is 23.8. The Balaban J connectivity index is 1.76. The Morgan fingerprint density at radius 1 is 1.12 bits per heavy atom. The van der Waals surface area contributed by atoms with Crippen molar-refractivity contribution >= 4 is 28.7 Å². The number of nitrogens with zero attached hydrogens (tertiary/aromatic N) is 1. The molecule has 1 atom stereocenters. The molecule has 0 aliphatic rings. The summed E-state index contributed by atoms with van der Waals surface area (Å²) in [6, 6.07) is 13.1. The maximum atomic E-state index is 12.7. The van der Waals surface area contributed by atoms with Crippen molar-refractivity contribution in [1.29, 1.82) is 0 Å². The van der Waals surface area contributed by atoms with Gasteiger partial charge in [-0.1, -0.05) is 42.5 Å². The first-order valence-corrected chi connectivity index (χ1v) is 10.6. The van der Waals surface area contributed by atoms with Crippen LogP contribution in [0.4, 0.5) is 4.79 Å². The molecule has 0 unspecified atom stereocenters. The number of carboxylic acids is 1. The number of aromatic amines is 1. The number of rotatable bonds is 8. The van der Waals surface area contributed by atoms with Crippen molar-refractivity contribution in [3.8, 4) is 0 Å². The van der Waals surface area contributed by atoms with E-state index in [0.717, 1.165) is 16.3 Å². The van der Waals surface area contributed by atoms with E-state index in [1.807, 2.05) is 36.4 Å². The fourth-order valence-electron chi connectivity index (χ4n) is 3.26. The fraction of sp³-hybridized carbons (Fsp3) is 0.333. The fourth-order valence-corrected chi connectivity index (χ4v) is 3.26. The summed E-state index contributed by atoms with van der Waals surface area (Å²) in [6.07, 6.45) is 0.979. The summed E-state index contributed by atoms with van der Waals surface area (Å²) in [4.78, 5) is 43.2. The van der Waals surface area contributed by atoms with E-state index in [1.165, 1.54) is 6.20 Å². The Hall–Kier alpha value is -3.88. The quantitative estimate of drug-likeness (QED) is 0.414. The van der Waals surface area contributed by atoms with Crippen LogP contribution >= 0.6 is 0 Å². The van der Waals surface area contributed by atoms with Crippen molar-refractivity contribution in [1.82, 2.24) is 20.6 Å². The van der Waals surface area contributed by atoms with Gasteiger partial charge in [0.1, 0.15) is 11.4 Å². The van der Waals surface area contributed by atoms with Crippen molar-refractivity contribution < 1.29 is 24.2 Å². The standard InChI is InChI=1S/C24H28N4O5/c1-24(2,3)33-23(32)28-21(22(31)25-11-10-20(29)30)18-14-26-19(27-18)13-15-8-9-16-6-4-5-7-17(16)12-15/h4-9,12,14,21H,10-11,13H2,1-3H3,(H,25,31)(H,26,27)(H,28,32)(H,29,30)/t21-/m0/s1. The number of benzene rings is 2. The lowest BCUT2D eigenvalue weighted by molar-refractivity contribution is -0.137. The summed E-state index contributed by atoms with van der Waals surface area (Å²) in [5.41, 5.74) is 0.658. The van der Waals surface area contributed by atoms with E-state index in [9.17, 15) is 14.4 Å². The van der Waals surface area contributed by atoms with Crippen molar-refractivity contribution in [2.45, 2.75) is 45.3 Å². The van der Waals surface area contributed by atoms with E-state index >= 15 is 0 Å². The normalized spacial score (nSPS) is 12.2. The van der Waals surface area contributed by atoms with Gasteiger partial charge in [0, 0.05) is 13.0 Å². The van der Waals surface area contributed by atoms with Crippen LogP contribution in [0, 0.1) is 0 Å². The molecule has 3 aromatic rings. The molecule has 9 heteroatoms. The highest BCUT2D eigenvalue weighted by Gasteiger charge is 2.27. The van der Waals surface area contributed by atoms with Gasteiger partial charge in [0.2, 0.25) is 5.91 Å². The van der Waals surface area contributed by atoms with E-state index in [-0.39, 0.29) is 13.0 Å². The number of carboxylic acid groups (broad SMARTS) is 1. The van der Waals surface area contributed by atoms with E-state index in [2.05, 4.69) is 26.7 Å². The third-order valence-corrected chi connectivity index (χ3v) is 4.71. The van der Waals surface area contributed by atoms with Crippen LogP contribution in [0.1, 0.15) is 50.3 Å². The minimum atomic E-state index is -1.12. The summed E-state index contributed by atoms with van der Waals surface area (Å²) >= 11 is 0. The topological polar surface area (TPSA) is 133 Å². The minimum absolute atomic E-state index is 0.0707. The van der Waals surface area contributed by atoms with Gasteiger partial charge in [-0.25, -0.2) is 9.78 Å². The summed E-state index contributed by atoms with van der Waals surface area (Å²) in [6.45, 7) is 5.07. The third kappa shape index (κ3) is 7.06. The van der Waals surface area contributed by atoms with Gasteiger partial charge in [0.05, 0.1) is 18.3 Å². The second kappa shape index (κ2) is 10.2. The smallest absolute Gasteiger partial charge is 0.408 e. The minimum Gasteiger partial charge on any atom is -0.481 e. The van der Waals surface area contributed by atoms with E-state index in [0.29, 0.717) is 17.9 Å². The molecule has 33 heavy (non-hydrogen) atoms. The summed E-state index contributed by atoms with van der Waals surface area (Å²) in [5.74, 6) is -0.983. The summed E-state index contributed by atoms with van der Waals surface area (Å²) in [5, 5.41) is 16.1. The molecule has 0 radical (unpaired) electrons. The molecule has 0 aliphatic heterocycles. The average molecular weight is 453 g/mol. The molecule has 3 rings (SSSR count). The van der Waals surface area contributed by atoms with Crippen LogP contribution in [0.2, 0.25) is 0 Å². The molecule has 2 amide bonds. The number of amides is 2. The number of fused-ring (bicyclic) bond motifs is 1. The molecule has 9 nitrogen and oxygen atoms in total. The molecule has 0 aliphatic carbocycles. The van der Waals surface area contributed by atoms with Gasteiger partial charge in [-0.05, 0) is 37.1 Å². The molecule has 0 fully saturated rings. The number of ether oxygens (including phenoxy) is 1. The second-order valence-electron chi connectivity index (χ2n) is 8.66. The molecule has 0 bridgehead atoms. The van der Waals surface area contributed by atoms with E-state index < -0.39 is 29.6 Å². The highest BCUT2D eigenvalue weighted by Crippen LogP contribution is 2.19. The van der Waals surface area contributed by atoms with Crippen LogP contribution < -0.4 is 10.6 Å². The Labute approximate surface area is 191 Å². The number of aromatic nitrogens is 2. The molecule has 174 valence electrons. The molecule has 1 aromatic heterocycles. The van der Waals surface area contributed by atoms with Crippen LogP contribution in [0.25, 0.3) is 10.8 Å². The number of H-pyrrole nitrogens is 1. The number of imidazole rings is 1. The number of carbonyl (C=O) groups is 3. The first-order chi connectivity index (χ1) is 15.6. The van der Waals surface area contributed by atoms with Crippen LogP contribution in [0.15, 0.2) is 48.7 Å². The third-order valence-electron chi connectivity index (χ3n) is 4.71. The van der Waals surface area contributed by atoms with Crippen molar-refractivity contribution in [3.63, 3.8) is 0 Å². The monoisotopic (exact) mass is 452 g/mol. The van der Waals surface area contributed by atoms with E-state index in [1.54, 1.807) is 20.8 Å². The summed E-state index contributed by atoms with van der Waals surface area (Å²) < 4.78 is 5.27. The van der Waals surface area contributed by atoms with E-state index in [4.69, 9.17) is 9.84 Å². The zero-order valence-electron chi connectivity index (χ0n) is 18.8. The summed E-state index contributed by atoms with van der Waals surface area (Å²) in [7, 11) is 0. The van der Waals surface area contributed by atoms with Gasteiger partial charge >= 0.3 is 12.1 Å². The first-order valence-electron chi connectivity index (χ1n) is 10.6. The van der Waals surface area contributed by atoms with Crippen molar-refractivity contribution in [2.24, 2.45) is 0 Å². The Kier molecular flexibility index (Phi) is 7.32. The predicted octanol–water partition coefficient (Wildman–Crippen LogP) is 3.31. The van der Waals surface area contributed by atoms with Gasteiger partial charge in [0.25, 0.3) is 0 Å².